The maximum atomic E-state index is 12.5. The van der Waals surface area contributed by atoms with Crippen molar-refractivity contribution in [3.63, 3.8) is 0 Å². The average Bonchev–Trinajstić information content (AvgIpc) is 3.14. The fourth-order valence-corrected chi connectivity index (χ4v) is 6.80. The third-order valence-corrected chi connectivity index (χ3v) is 10.3. The van der Waals surface area contributed by atoms with Gasteiger partial charge < -0.3 is 20.1 Å². The number of carbonyl (C=O) groups excluding carboxylic acids is 2. The van der Waals surface area contributed by atoms with E-state index < -0.39 is 26.5 Å². The maximum absolute atomic E-state index is 12.5. The van der Waals surface area contributed by atoms with Crippen LogP contribution >= 0.6 is 7.82 Å². The van der Waals surface area contributed by atoms with Crippen LogP contribution in [0.15, 0.2) is 24.3 Å². The third-order valence-electron chi connectivity index (χ3n) is 9.31. The number of phosphoric ester groups is 1. The van der Waals surface area contributed by atoms with Gasteiger partial charge in [-0.2, -0.15) is 0 Å². The highest BCUT2D eigenvalue weighted by Crippen LogP contribution is 2.43. The summed E-state index contributed by atoms with van der Waals surface area (Å²) in [6, 6.07) is 0. The highest BCUT2D eigenvalue weighted by atomic mass is 31.2. The van der Waals surface area contributed by atoms with Crippen LogP contribution in [0.2, 0.25) is 0 Å². The molecule has 0 aromatic rings. The van der Waals surface area contributed by atoms with E-state index in [1.54, 1.807) is 0 Å². The number of phosphoric acid groups is 1. The Bertz CT molecular complexity index is 928. The zero-order chi connectivity index (χ0) is 38.9. The van der Waals surface area contributed by atoms with Crippen molar-refractivity contribution < 1.29 is 37.6 Å². The Labute approximate surface area is 325 Å². The number of carbonyl (C=O) groups is 2. The van der Waals surface area contributed by atoms with E-state index in [9.17, 15) is 19.0 Å². The molecule has 0 fully saturated rings. The lowest BCUT2D eigenvalue weighted by molar-refractivity contribution is -0.161. The molecule has 0 rings (SSSR count). The minimum Gasteiger partial charge on any atom is -0.462 e. The second-order valence-electron chi connectivity index (χ2n) is 14.6. The van der Waals surface area contributed by atoms with Crippen molar-refractivity contribution in [3.05, 3.63) is 24.3 Å². The molecular weight excluding hydrogens is 689 g/mol. The number of allylic oxidation sites excluding steroid dienone is 4. The number of ether oxygens (including phenoxy) is 2. The van der Waals surface area contributed by atoms with Crippen LogP contribution in [0.3, 0.4) is 0 Å². The van der Waals surface area contributed by atoms with Crippen LogP contribution in [0.25, 0.3) is 0 Å². The predicted octanol–water partition coefficient (Wildman–Crippen LogP) is 12.4. The summed E-state index contributed by atoms with van der Waals surface area (Å²) in [6.07, 6.45) is 42.1. The number of unbranched alkanes of at least 4 members (excludes halogenated alkanes) is 24. The van der Waals surface area contributed by atoms with E-state index in [0.717, 1.165) is 57.8 Å². The SMILES string of the molecule is CCCCCC/C=C\CCCCCCCC(=O)O[C@H](COC(=O)CCCCCCCCC/C=C\CCCCCCCCCC)COP(=O)(O)OCCN. The summed E-state index contributed by atoms with van der Waals surface area (Å²) in [6.45, 7) is 3.71. The first-order valence-corrected chi connectivity index (χ1v) is 23.3. The Balaban J connectivity index is 4.12. The van der Waals surface area contributed by atoms with Gasteiger partial charge in [-0.05, 0) is 64.2 Å². The topological polar surface area (TPSA) is 134 Å². The van der Waals surface area contributed by atoms with E-state index >= 15 is 0 Å². The summed E-state index contributed by atoms with van der Waals surface area (Å²) in [5, 5.41) is 0. The summed E-state index contributed by atoms with van der Waals surface area (Å²) in [7, 11) is -4.37. The van der Waals surface area contributed by atoms with Crippen LogP contribution in [0.5, 0.6) is 0 Å². The molecule has 9 nitrogen and oxygen atoms in total. The van der Waals surface area contributed by atoms with Crippen LogP contribution in [0.4, 0.5) is 0 Å². The molecule has 312 valence electrons. The minimum atomic E-state index is -4.37. The third kappa shape index (κ3) is 40.0. The van der Waals surface area contributed by atoms with E-state index in [1.165, 1.54) is 116 Å². The molecule has 0 saturated carbocycles. The molecule has 3 N–H and O–H groups in total. The molecule has 0 radical (unpaired) electrons. The first kappa shape index (κ1) is 51.5. The first-order valence-electron chi connectivity index (χ1n) is 21.8. The van der Waals surface area contributed by atoms with Crippen LogP contribution in [-0.4, -0.2) is 49.3 Å². The summed E-state index contributed by atoms with van der Waals surface area (Å²) in [4.78, 5) is 34.8. The second-order valence-corrected chi connectivity index (χ2v) is 16.0. The molecule has 1 unspecified atom stereocenters. The lowest BCUT2D eigenvalue weighted by Gasteiger charge is -2.19. The molecule has 0 saturated heterocycles. The van der Waals surface area contributed by atoms with Crippen molar-refractivity contribution in [2.24, 2.45) is 5.73 Å². The van der Waals surface area contributed by atoms with E-state index in [4.69, 9.17) is 24.3 Å². The predicted molar refractivity (Wildman–Crippen MR) is 220 cm³/mol. The van der Waals surface area contributed by atoms with Gasteiger partial charge in [0.05, 0.1) is 13.2 Å². The van der Waals surface area contributed by atoms with Crippen LogP contribution < -0.4 is 5.73 Å². The van der Waals surface area contributed by atoms with E-state index in [1.807, 2.05) is 0 Å². The van der Waals surface area contributed by atoms with Crippen molar-refractivity contribution >= 4 is 19.8 Å². The maximum Gasteiger partial charge on any atom is 0.472 e. The Morgan fingerprint density at radius 3 is 1.36 bits per heavy atom. The van der Waals surface area contributed by atoms with Gasteiger partial charge in [0.15, 0.2) is 6.10 Å². The fourth-order valence-electron chi connectivity index (χ4n) is 6.04. The van der Waals surface area contributed by atoms with Crippen molar-refractivity contribution in [1.82, 2.24) is 0 Å². The van der Waals surface area contributed by atoms with Crippen LogP contribution in [-0.2, 0) is 32.7 Å². The van der Waals surface area contributed by atoms with Gasteiger partial charge >= 0.3 is 19.8 Å². The zero-order valence-corrected chi connectivity index (χ0v) is 35.2. The van der Waals surface area contributed by atoms with Gasteiger partial charge in [0.25, 0.3) is 0 Å². The molecule has 0 aliphatic heterocycles. The molecule has 0 aliphatic carbocycles. The fraction of sp³-hybridized carbons (Fsp3) is 0.860. The molecular formula is C43H82NO8P. The molecule has 0 aromatic heterocycles. The molecule has 0 aliphatic rings. The van der Waals surface area contributed by atoms with E-state index in [-0.39, 0.29) is 38.6 Å². The van der Waals surface area contributed by atoms with Crippen LogP contribution in [0, 0.1) is 0 Å². The Kier molecular flexibility index (Phi) is 39.0. The monoisotopic (exact) mass is 772 g/mol. The highest BCUT2D eigenvalue weighted by molar-refractivity contribution is 7.47. The summed E-state index contributed by atoms with van der Waals surface area (Å²) >= 11 is 0. The quantitative estimate of drug-likeness (QED) is 0.0269. The molecule has 10 heteroatoms. The van der Waals surface area contributed by atoms with Gasteiger partial charge in [-0.25, -0.2) is 4.57 Å². The summed E-state index contributed by atoms with van der Waals surface area (Å²) < 4.78 is 32.7. The highest BCUT2D eigenvalue weighted by Gasteiger charge is 2.26. The zero-order valence-electron chi connectivity index (χ0n) is 34.3. The molecule has 0 heterocycles. The Morgan fingerprint density at radius 1 is 0.547 bits per heavy atom. The van der Waals surface area contributed by atoms with Crippen molar-refractivity contribution in [1.29, 1.82) is 0 Å². The van der Waals surface area contributed by atoms with E-state index in [2.05, 4.69) is 38.2 Å². The van der Waals surface area contributed by atoms with E-state index in [0.29, 0.717) is 6.42 Å². The Morgan fingerprint density at radius 2 is 0.925 bits per heavy atom. The van der Waals surface area contributed by atoms with Crippen molar-refractivity contribution in [2.45, 2.75) is 213 Å². The van der Waals surface area contributed by atoms with Gasteiger partial charge in [-0.3, -0.25) is 18.6 Å². The van der Waals surface area contributed by atoms with Crippen molar-refractivity contribution in [2.75, 3.05) is 26.4 Å². The number of hydrogen-bond acceptors (Lipinski definition) is 8. The first-order chi connectivity index (χ1) is 25.8. The van der Waals surface area contributed by atoms with Gasteiger partial charge in [-0.1, -0.05) is 154 Å². The molecule has 0 aromatic carbocycles. The number of esters is 2. The van der Waals surface area contributed by atoms with Gasteiger partial charge in [0.2, 0.25) is 0 Å². The number of rotatable bonds is 41. The van der Waals surface area contributed by atoms with Crippen LogP contribution in [0.1, 0.15) is 206 Å². The second kappa shape index (κ2) is 40.2. The van der Waals surface area contributed by atoms with Gasteiger partial charge in [0.1, 0.15) is 6.61 Å². The summed E-state index contributed by atoms with van der Waals surface area (Å²) in [5.41, 5.74) is 5.34. The lowest BCUT2D eigenvalue weighted by Crippen LogP contribution is -2.29. The summed E-state index contributed by atoms with van der Waals surface area (Å²) in [5.74, 6) is -0.839. The molecule has 0 spiro atoms. The van der Waals surface area contributed by atoms with Gasteiger partial charge in [-0.15, -0.1) is 0 Å². The molecule has 53 heavy (non-hydrogen) atoms. The van der Waals surface area contributed by atoms with Gasteiger partial charge in [0, 0.05) is 19.4 Å². The lowest BCUT2D eigenvalue weighted by atomic mass is 10.1. The normalized spacial score (nSPS) is 13.5. The standard InChI is InChI=1S/C43H82NO8P/c1-3-5-7-9-11-13-15-17-18-19-20-21-22-24-25-27-29-31-33-35-42(45)49-39-41(40-51-53(47,48)50-38-37-44)52-43(46)36-34-32-30-28-26-23-16-14-12-10-8-6-4-2/h14,16,19-20,41H,3-13,15,17-18,21-40,44H2,1-2H3,(H,47,48)/b16-14-,20-19-/t41-/m1/s1. The minimum absolute atomic E-state index is 0.0524. The molecule has 0 bridgehead atoms. The Hall–Kier alpha value is -1.51. The number of nitrogens with two attached hydrogens (primary N) is 1. The number of hydrogen-bond donors (Lipinski definition) is 2. The smallest absolute Gasteiger partial charge is 0.462 e. The largest absolute Gasteiger partial charge is 0.472 e. The molecule has 0 amide bonds. The average molecular weight is 772 g/mol. The molecule has 2 atom stereocenters. The van der Waals surface area contributed by atoms with Crippen molar-refractivity contribution in [3.8, 4) is 0 Å².